The highest BCUT2D eigenvalue weighted by Gasteiger charge is 2.29. The number of H-pyrrole nitrogens is 1. The van der Waals surface area contributed by atoms with E-state index in [1.54, 1.807) is 28.6 Å². The largest absolute Gasteiger partial charge is 0.358 e. The van der Waals surface area contributed by atoms with Crippen LogP contribution in [0.25, 0.3) is 10.9 Å². The summed E-state index contributed by atoms with van der Waals surface area (Å²) in [5.41, 5.74) is 4.28. The van der Waals surface area contributed by atoms with Crippen molar-refractivity contribution in [3.05, 3.63) is 65.4 Å². The maximum atomic E-state index is 13.0. The fraction of sp³-hybridized carbons (Fsp3) is 0.423. The number of carbonyl (C=O) groups is 1. The van der Waals surface area contributed by atoms with Gasteiger partial charge >= 0.3 is 0 Å². The van der Waals surface area contributed by atoms with Gasteiger partial charge in [0.15, 0.2) is 0 Å². The van der Waals surface area contributed by atoms with E-state index in [4.69, 9.17) is 0 Å². The van der Waals surface area contributed by atoms with Crippen LogP contribution < -0.4 is 5.32 Å². The molecule has 1 amide bonds. The first-order valence-corrected chi connectivity index (χ1v) is 13.3. The van der Waals surface area contributed by atoms with Gasteiger partial charge in [-0.25, -0.2) is 8.42 Å². The van der Waals surface area contributed by atoms with Crippen LogP contribution in [0, 0.1) is 11.8 Å². The molecule has 1 aromatic heterocycles. The van der Waals surface area contributed by atoms with E-state index >= 15 is 0 Å². The monoisotopic (exact) mass is 465 g/mol. The highest BCUT2D eigenvalue weighted by Crippen LogP contribution is 2.33. The molecule has 0 spiro atoms. The van der Waals surface area contributed by atoms with E-state index in [-0.39, 0.29) is 11.8 Å². The van der Waals surface area contributed by atoms with Gasteiger partial charge in [-0.05, 0) is 67.7 Å². The lowest BCUT2D eigenvalue weighted by Gasteiger charge is -2.31. The molecule has 0 saturated carbocycles. The molecule has 1 aliphatic heterocycles. The second kappa shape index (κ2) is 8.95. The smallest absolute Gasteiger partial charge is 0.253 e. The van der Waals surface area contributed by atoms with E-state index in [2.05, 4.69) is 23.3 Å². The number of piperidine rings is 1. The lowest BCUT2D eigenvalue weighted by molar-refractivity contribution is 0.0943. The highest BCUT2D eigenvalue weighted by atomic mass is 32.2. The maximum absolute atomic E-state index is 13.0. The lowest BCUT2D eigenvalue weighted by atomic mass is 9.87. The van der Waals surface area contributed by atoms with Crippen molar-refractivity contribution < 1.29 is 13.2 Å². The summed E-state index contributed by atoms with van der Waals surface area (Å²) < 4.78 is 27.2. The van der Waals surface area contributed by atoms with E-state index in [0.29, 0.717) is 36.0 Å². The van der Waals surface area contributed by atoms with Gasteiger partial charge in [-0.3, -0.25) is 4.79 Å². The second-order valence-electron chi connectivity index (χ2n) is 9.53. The molecule has 1 aliphatic carbocycles. The molecule has 1 fully saturated rings. The summed E-state index contributed by atoms with van der Waals surface area (Å²) in [6, 6.07) is 14.6. The third-order valence-electron chi connectivity index (χ3n) is 7.22. The fourth-order valence-electron chi connectivity index (χ4n) is 5.23. The summed E-state index contributed by atoms with van der Waals surface area (Å²) >= 11 is 0. The molecule has 1 atom stereocenters. The highest BCUT2D eigenvalue weighted by molar-refractivity contribution is 7.89. The third kappa shape index (κ3) is 4.32. The number of aryl methyl sites for hydroxylation is 1. The Balaban J connectivity index is 1.22. The van der Waals surface area contributed by atoms with Crippen LogP contribution in [0.2, 0.25) is 0 Å². The molecule has 33 heavy (non-hydrogen) atoms. The van der Waals surface area contributed by atoms with Gasteiger partial charge in [0.2, 0.25) is 10.0 Å². The van der Waals surface area contributed by atoms with Crippen molar-refractivity contribution in [3.63, 3.8) is 0 Å². The summed E-state index contributed by atoms with van der Waals surface area (Å²) in [6.45, 7) is 3.81. The molecule has 2 aliphatic rings. The zero-order valence-corrected chi connectivity index (χ0v) is 19.8. The molecule has 3 aromatic rings. The Morgan fingerprint density at radius 1 is 1.06 bits per heavy atom. The molecule has 6 nitrogen and oxygen atoms in total. The van der Waals surface area contributed by atoms with Crippen LogP contribution in [0.3, 0.4) is 0 Å². The van der Waals surface area contributed by atoms with E-state index in [1.807, 2.05) is 18.2 Å². The molecule has 2 heterocycles. The van der Waals surface area contributed by atoms with Crippen LogP contribution >= 0.6 is 0 Å². The van der Waals surface area contributed by atoms with Crippen LogP contribution in [0.4, 0.5) is 0 Å². The van der Waals surface area contributed by atoms with Gasteiger partial charge in [0.05, 0.1) is 16.0 Å². The maximum Gasteiger partial charge on any atom is 0.253 e. The van der Waals surface area contributed by atoms with Gasteiger partial charge in [-0.1, -0.05) is 37.3 Å². The molecule has 2 aromatic carbocycles. The standard InChI is InChI=1S/C26H31N3O3S/c1-18-10-11-24-23(16-18)21-8-5-9-22(25(21)28-24)26(30)27-17-19-12-14-29(15-13-19)33(31,32)20-6-3-2-4-7-20/h2-9,18-19,28H,10-17H2,1H3,(H,27,30). The number of nitrogens with one attached hydrogen (secondary N) is 2. The predicted molar refractivity (Wildman–Crippen MR) is 130 cm³/mol. The number of benzene rings is 2. The van der Waals surface area contributed by atoms with E-state index < -0.39 is 10.0 Å². The zero-order chi connectivity index (χ0) is 23.0. The number of amides is 1. The number of rotatable bonds is 5. The number of para-hydroxylation sites is 1. The molecular formula is C26H31N3O3S. The number of carbonyl (C=O) groups excluding carboxylic acids is 1. The summed E-state index contributed by atoms with van der Waals surface area (Å²) in [7, 11) is -3.45. The summed E-state index contributed by atoms with van der Waals surface area (Å²) in [5.74, 6) is 0.880. The molecule has 5 rings (SSSR count). The van der Waals surface area contributed by atoms with Gasteiger partial charge in [-0.15, -0.1) is 0 Å². The molecular weight excluding hydrogens is 434 g/mol. The summed E-state index contributed by atoms with van der Waals surface area (Å²) in [5, 5.41) is 4.28. The van der Waals surface area contributed by atoms with Crippen LogP contribution in [-0.4, -0.2) is 43.2 Å². The predicted octanol–water partition coefficient (Wildman–Crippen LogP) is 4.12. The van der Waals surface area contributed by atoms with E-state index in [9.17, 15) is 13.2 Å². The Morgan fingerprint density at radius 2 is 1.82 bits per heavy atom. The number of sulfonamides is 1. The molecule has 0 bridgehead atoms. The van der Waals surface area contributed by atoms with Crippen molar-refractivity contribution in [2.75, 3.05) is 19.6 Å². The third-order valence-corrected chi connectivity index (χ3v) is 9.13. The van der Waals surface area contributed by atoms with Crippen molar-refractivity contribution in [2.24, 2.45) is 11.8 Å². The molecule has 1 saturated heterocycles. The van der Waals surface area contributed by atoms with Gasteiger partial charge in [0.1, 0.15) is 0 Å². The average molecular weight is 466 g/mol. The normalized spacial score (nSPS) is 20.0. The number of nitrogens with zero attached hydrogens (tertiary/aromatic N) is 1. The van der Waals surface area contributed by atoms with Crippen molar-refractivity contribution in [1.29, 1.82) is 0 Å². The average Bonchev–Trinajstić information content (AvgIpc) is 3.21. The van der Waals surface area contributed by atoms with Crippen molar-refractivity contribution >= 4 is 26.8 Å². The summed E-state index contributed by atoms with van der Waals surface area (Å²) in [4.78, 5) is 16.9. The van der Waals surface area contributed by atoms with Gasteiger partial charge in [0, 0.05) is 30.7 Å². The quantitative estimate of drug-likeness (QED) is 0.595. The molecule has 1 unspecified atom stereocenters. The van der Waals surface area contributed by atoms with Gasteiger partial charge in [-0.2, -0.15) is 4.31 Å². The Labute approximate surface area is 195 Å². The fourth-order valence-corrected chi connectivity index (χ4v) is 6.72. The minimum Gasteiger partial charge on any atom is -0.358 e. The van der Waals surface area contributed by atoms with E-state index in [1.165, 1.54) is 23.1 Å². The molecule has 174 valence electrons. The Kier molecular flexibility index (Phi) is 6.01. The minimum absolute atomic E-state index is 0.0633. The Morgan fingerprint density at radius 3 is 2.58 bits per heavy atom. The minimum atomic E-state index is -3.45. The molecule has 7 heteroatoms. The van der Waals surface area contributed by atoms with Crippen molar-refractivity contribution in [2.45, 2.75) is 43.9 Å². The Hall–Kier alpha value is -2.64. The number of hydrogen-bond donors (Lipinski definition) is 2. The number of aromatic amines is 1. The SMILES string of the molecule is CC1CCc2[nH]c3c(C(=O)NCC4CCN(S(=O)(=O)c5ccccc5)CC4)cccc3c2C1. The number of aromatic nitrogens is 1. The van der Waals surface area contributed by atoms with Crippen molar-refractivity contribution in [3.8, 4) is 0 Å². The van der Waals surface area contributed by atoms with Gasteiger partial charge < -0.3 is 10.3 Å². The van der Waals surface area contributed by atoms with Gasteiger partial charge in [0.25, 0.3) is 5.91 Å². The van der Waals surface area contributed by atoms with Crippen LogP contribution in [0.15, 0.2) is 53.4 Å². The molecule has 0 radical (unpaired) electrons. The Bertz CT molecular complexity index is 1260. The van der Waals surface area contributed by atoms with Crippen molar-refractivity contribution in [1.82, 2.24) is 14.6 Å². The van der Waals surface area contributed by atoms with Crippen LogP contribution in [-0.2, 0) is 22.9 Å². The first-order valence-electron chi connectivity index (χ1n) is 11.9. The summed E-state index contributed by atoms with van der Waals surface area (Å²) in [6.07, 6.45) is 4.76. The second-order valence-corrected chi connectivity index (χ2v) is 11.5. The lowest BCUT2D eigenvalue weighted by Crippen LogP contribution is -2.41. The first kappa shape index (κ1) is 22.2. The number of hydrogen-bond acceptors (Lipinski definition) is 3. The first-order chi connectivity index (χ1) is 15.9. The molecule has 2 N–H and O–H groups in total. The zero-order valence-electron chi connectivity index (χ0n) is 19.0. The number of fused-ring (bicyclic) bond motifs is 3. The van der Waals surface area contributed by atoms with E-state index in [0.717, 1.165) is 31.2 Å². The van der Waals surface area contributed by atoms with Crippen LogP contribution in [0.5, 0.6) is 0 Å². The topological polar surface area (TPSA) is 82.3 Å². The van der Waals surface area contributed by atoms with Crippen LogP contribution in [0.1, 0.15) is 47.8 Å².